The number of allylic oxidation sites excluding steroid dienone is 1. The topological polar surface area (TPSA) is 40.5 Å². The Morgan fingerprint density at radius 1 is 1.32 bits per heavy atom. The van der Waals surface area contributed by atoms with Crippen LogP contribution in [0.5, 0.6) is 5.75 Å². The van der Waals surface area contributed by atoms with Gasteiger partial charge in [0.15, 0.2) is 0 Å². The van der Waals surface area contributed by atoms with Crippen molar-refractivity contribution in [3.05, 3.63) is 53.6 Å². The Morgan fingerprint density at radius 2 is 2.12 bits per heavy atom. The lowest BCUT2D eigenvalue weighted by Crippen LogP contribution is -2.52. The molecule has 0 aromatic heterocycles. The second-order valence-electron chi connectivity index (χ2n) is 8.49. The molecule has 25 heavy (non-hydrogen) atoms. The molecule has 0 amide bonds. The lowest BCUT2D eigenvalue weighted by atomic mass is 9.50. The third-order valence-corrected chi connectivity index (χ3v) is 7.74. The third kappa shape index (κ3) is 2.34. The van der Waals surface area contributed by atoms with E-state index in [4.69, 9.17) is 11.6 Å². The highest BCUT2D eigenvalue weighted by Gasteiger charge is 2.62. The van der Waals surface area contributed by atoms with Gasteiger partial charge in [0.1, 0.15) is 5.75 Å². The molecule has 0 aliphatic heterocycles. The number of halogens is 1. The molecule has 4 rings (SSSR count). The molecular weight excluding hydrogens is 332 g/mol. The van der Waals surface area contributed by atoms with Crippen molar-refractivity contribution in [1.29, 1.82) is 0 Å². The average Bonchev–Trinajstić information content (AvgIpc) is 2.85. The zero-order valence-electron chi connectivity index (χ0n) is 14.8. The van der Waals surface area contributed by atoms with Crippen LogP contribution >= 0.6 is 11.6 Å². The van der Waals surface area contributed by atoms with Gasteiger partial charge in [0, 0.05) is 11.0 Å². The molecular formula is C22H27ClO2. The second kappa shape index (κ2) is 5.89. The first-order valence-electron chi connectivity index (χ1n) is 9.38. The normalized spacial score (nSPS) is 42.7. The minimum Gasteiger partial charge on any atom is -0.508 e. The van der Waals surface area contributed by atoms with Gasteiger partial charge in [-0.3, -0.25) is 0 Å². The molecule has 134 valence electrons. The van der Waals surface area contributed by atoms with Crippen molar-refractivity contribution in [2.75, 3.05) is 0 Å². The minimum atomic E-state index is -0.819. The molecule has 2 saturated carbocycles. The molecule has 0 spiro atoms. The van der Waals surface area contributed by atoms with E-state index in [1.165, 1.54) is 16.7 Å². The molecule has 0 heterocycles. The number of hydrogen-bond donors (Lipinski definition) is 2. The van der Waals surface area contributed by atoms with Crippen LogP contribution in [-0.4, -0.2) is 15.8 Å². The van der Waals surface area contributed by atoms with Gasteiger partial charge in [-0.25, -0.2) is 0 Å². The van der Waals surface area contributed by atoms with Crippen LogP contribution in [0.4, 0.5) is 0 Å². The zero-order chi connectivity index (χ0) is 17.8. The predicted octanol–water partition coefficient (Wildman–Crippen LogP) is 5.14. The number of aryl methyl sites for hydroxylation is 1. The van der Waals surface area contributed by atoms with Crippen molar-refractivity contribution in [3.63, 3.8) is 0 Å². The minimum absolute atomic E-state index is 0.160. The largest absolute Gasteiger partial charge is 0.508 e. The first-order chi connectivity index (χ1) is 11.9. The van der Waals surface area contributed by atoms with Crippen LogP contribution in [0.2, 0.25) is 0 Å². The van der Waals surface area contributed by atoms with Gasteiger partial charge in [-0.05, 0) is 85.1 Å². The molecule has 2 fully saturated rings. The van der Waals surface area contributed by atoms with E-state index in [1.807, 2.05) is 18.2 Å². The number of hydrogen-bond acceptors (Lipinski definition) is 2. The smallest absolute Gasteiger partial charge is 0.115 e. The van der Waals surface area contributed by atoms with Crippen molar-refractivity contribution in [2.24, 2.45) is 23.2 Å². The number of fused-ring (bicyclic) bond motifs is 5. The van der Waals surface area contributed by atoms with Crippen LogP contribution < -0.4 is 0 Å². The fourth-order valence-electron chi connectivity index (χ4n) is 6.41. The molecule has 3 aliphatic rings. The lowest BCUT2D eigenvalue weighted by Gasteiger charge is -2.55. The molecule has 2 nitrogen and oxygen atoms in total. The Morgan fingerprint density at radius 3 is 2.84 bits per heavy atom. The molecule has 0 unspecified atom stereocenters. The van der Waals surface area contributed by atoms with Crippen molar-refractivity contribution < 1.29 is 10.2 Å². The Labute approximate surface area is 155 Å². The van der Waals surface area contributed by atoms with Gasteiger partial charge in [-0.1, -0.05) is 30.7 Å². The highest BCUT2D eigenvalue weighted by Crippen LogP contribution is 2.66. The number of rotatable bonds is 2. The van der Waals surface area contributed by atoms with Gasteiger partial charge in [0.2, 0.25) is 0 Å². The SMILES string of the molecule is C=C[C@H]1C[C@@]2(C)[C@@H](CC[C@@]2(O)/C=C/Cl)[C@@H]2CCc3cc(O)ccc3[C@H]21. The summed E-state index contributed by atoms with van der Waals surface area (Å²) in [6.07, 6.45) is 8.78. The van der Waals surface area contributed by atoms with Crippen LogP contribution in [0.15, 0.2) is 42.5 Å². The summed E-state index contributed by atoms with van der Waals surface area (Å²) in [5.41, 5.74) is 3.17. The van der Waals surface area contributed by atoms with E-state index < -0.39 is 5.60 Å². The van der Waals surface area contributed by atoms with Gasteiger partial charge < -0.3 is 10.2 Å². The average molecular weight is 359 g/mol. The molecule has 2 N–H and O–H groups in total. The first kappa shape index (κ1) is 17.2. The van der Waals surface area contributed by atoms with Crippen molar-refractivity contribution in [3.8, 4) is 5.75 Å². The summed E-state index contributed by atoms with van der Waals surface area (Å²) < 4.78 is 0. The predicted molar refractivity (Wildman–Crippen MR) is 102 cm³/mol. The van der Waals surface area contributed by atoms with Crippen LogP contribution in [-0.2, 0) is 6.42 Å². The van der Waals surface area contributed by atoms with Crippen LogP contribution in [0.3, 0.4) is 0 Å². The Hall–Kier alpha value is -1.25. The Kier molecular flexibility index (Phi) is 4.05. The van der Waals surface area contributed by atoms with E-state index in [1.54, 1.807) is 0 Å². The van der Waals surface area contributed by atoms with E-state index in [2.05, 4.69) is 25.6 Å². The summed E-state index contributed by atoms with van der Waals surface area (Å²) in [5.74, 6) is 2.19. The van der Waals surface area contributed by atoms with E-state index in [0.29, 0.717) is 29.4 Å². The van der Waals surface area contributed by atoms with E-state index >= 15 is 0 Å². The van der Waals surface area contributed by atoms with Gasteiger partial charge >= 0.3 is 0 Å². The number of aromatic hydroxyl groups is 1. The third-order valence-electron chi connectivity index (χ3n) is 7.62. The molecule has 6 atom stereocenters. The summed E-state index contributed by atoms with van der Waals surface area (Å²) in [6, 6.07) is 5.86. The lowest BCUT2D eigenvalue weighted by molar-refractivity contribution is -0.0824. The van der Waals surface area contributed by atoms with Crippen LogP contribution in [0, 0.1) is 23.2 Å². The number of phenolic OH excluding ortho intramolecular Hbond substituents is 1. The van der Waals surface area contributed by atoms with Crippen molar-refractivity contribution in [1.82, 2.24) is 0 Å². The molecule has 3 heteroatoms. The summed E-state index contributed by atoms with van der Waals surface area (Å²) >= 11 is 5.87. The zero-order valence-corrected chi connectivity index (χ0v) is 15.5. The molecule has 0 saturated heterocycles. The molecule has 3 aliphatic carbocycles. The maximum absolute atomic E-state index is 11.3. The second-order valence-corrected chi connectivity index (χ2v) is 8.75. The van der Waals surface area contributed by atoms with Gasteiger partial charge in [0.25, 0.3) is 0 Å². The summed E-state index contributed by atoms with van der Waals surface area (Å²) in [6.45, 7) is 6.38. The van der Waals surface area contributed by atoms with Gasteiger partial charge in [-0.15, -0.1) is 6.58 Å². The summed E-state index contributed by atoms with van der Waals surface area (Å²) in [7, 11) is 0. The Balaban J connectivity index is 1.79. The summed E-state index contributed by atoms with van der Waals surface area (Å²) in [4.78, 5) is 0. The quantitative estimate of drug-likeness (QED) is 0.718. The van der Waals surface area contributed by atoms with Crippen molar-refractivity contribution >= 4 is 11.6 Å². The standard InChI is InChI=1S/C22H27ClO2/c1-3-14-13-21(2)19(8-9-22(21,25)10-11-23)18-6-4-15-12-16(24)5-7-17(15)20(14)18/h3,5,7,10-12,14,18-20,24-25H,1,4,6,8-9,13H2,2H3/b11-10+/t14-,18-,19-,20+,21-,22+/m0/s1. The molecule has 1 aromatic carbocycles. The van der Waals surface area contributed by atoms with Crippen molar-refractivity contribution in [2.45, 2.75) is 50.5 Å². The van der Waals surface area contributed by atoms with E-state index in [9.17, 15) is 10.2 Å². The van der Waals surface area contributed by atoms with E-state index in [-0.39, 0.29) is 5.41 Å². The highest BCUT2D eigenvalue weighted by atomic mass is 35.5. The van der Waals surface area contributed by atoms with Crippen LogP contribution in [0.25, 0.3) is 0 Å². The van der Waals surface area contributed by atoms with Gasteiger partial charge in [-0.2, -0.15) is 0 Å². The maximum atomic E-state index is 11.3. The number of benzene rings is 1. The van der Waals surface area contributed by atoms with Gasteiger partial charge in [0.05, 0.1) is 5.60 Å². The maximum Gasteiger partial charge on any atom is 0.115 e. The number of aliphatic hydroxyl groups is 1. The monoisotopic (exact) mass is 358 g/mol. The van der Waals surface area contributed by atoms with Crippen LogP contribution in [0.1, 0.15) is 49.7 Å². The van der Waals surface area contributed by atoms with E-state index in [0.717, 1.165) is 32.1 Å². The molecule has 1 aromatic rings. The molecule has 0 radical (unpaired) electrons. The summed E-state index contributed by atoms with van der Waals surface area (Å²) in [5, 5.41) is 21.2. The fourth-order valence-corrected chi connectivity index (χ4v) is 6.61. The number of phenols is 1. The highest BCUT2D eigenvalue weighted by molar-refractivity contribution is 6.25. The molecule has 0 bridgehead atoms. The fraction of sp³-hybridized carbons (Fsp3) is 0.545. The Bertz CT molecular complexity index is 727. The first-order valence-corrected chi connectivity index (χ1v) is 9.82.